The first-order valence-corrected chi connectivity index (χ1v) is 6.24. The first kappa shape index (κ1) is 14.7. The lowest BCUT2D eigenvalue weighted by Gasteiger charge is -2.26. The lowest BCUT2D eigenvalue weighted by molar-refractivity contribution is -0.122. The predicted octanol–water partition coefficient (Wildman–Crippen LogP) is -1.72. The SMILES string of the molecule is CN(C)C(=O)NCCNC(=O)CN1CCNCC1. The molecule has 0 aromatic carbocycles. The summed E-state index contributed by atoms with van der Waals surface area (Å²) < 4.78 is 0. The lowest BCUT2D eigenvalue weighted by atomic mass is 10.3. The zero-order valence-electron chi connectivity index (χ0n) is 11.2. The monoisotopic (exact) mass is 257 g/mol. The normalized spacial score (nSPS) is 16.1. The molecule has 0 radical (unpaired) electrons. The lowest BCUT2D eigenvalue weighted by Crippen LogP contribution is -2.48. The molecule has 1 rings (SSSR count). The number of carbonyl (C=O) groups is 2. The van der Waals surface area contributed by atoms with Crippen LogP contribution in [0.4, 0.5) is 4.79 Å². The van der Waals surface area contributed by atoms with Crippen molar-refractivity contribution < 1.29 is 9.59 Å². The summed E-state index contributed by atoms with van der Waals surface area (Å²) in [5, 5.41) is 8.72. The summed E-state index contributed by atoms with van der Waals surface area (Å²) in [4.78, 5) is 26.4. The molecule has 18 heavy (non-hydrogen) atoms. The van der Waals surface area contributed by atoms with Crippen molar-refractivity contribution >= 4 is 11.9 Å². The molecule has 0 bridgehead atoms. The van der Waals surface area contributed by atoms with Crippen molar-refractivity contribution in [3.05, 3.63) is 0 Å². The van der Waals surface area contributed by atoms with Gasteiger partial charge in [-0.05, 0) is 0 Å². The molecule has 1 heterocycles. The molecule has 7 nitrogen and oxygen atoms in total. The van der Waals surface area contributed by atoms with Crippen LogP contribution in [0, 0.1) is 0 Å². The summed E-state index contributed by atoms with van der Waals surface area (Å²) in [7, 11) is 3.36. The molecule has 0 spiro atoms. The predicted molar refractivity (Wildman–Crippen MR) is 69.4 cm³/mol. The molecule has 0 aromatic heterocycles. The van der Waals surface area contributed by atoms with Crippen LogP contribution in [0.3, 0.4) is 0 Å². The highest BCUT2D eigenvalue weighted by atomic mass is 16.2. The largest absolute Gasteiger partial charge is 0.353 e. The van der Waals surface area contributed by atoms with Crippen molar-refractivity contribution in [3.63, 3.8) is 0 Å². The Bertz CT molecular complexity index is 277. The molecule has 0 aromatic rings. The smallest absolute Gasteiger partial charge is 0.316 e. The van der Waals surface area contributed by atoms with Gasteiger partial charge in [-0.25, -0.2) is 4.79 Å². The Morgan fingerprint density at radius 2 is 1.78 bits per heavy atom. The van der Waals surface area contributed by atoms with Crippen LogP contribution >= 0.6 is 0 Å². The van der Waals surface area contributed by atoms with Crippen molar-refractivity contribution in [3.8, 4) is 0 Å². The van der Waals surface area contributed by atoms with Crippen LogP contribution in [0.5, 0.6) is 0 Å². The fraction of sp³-hybridized carbons (Fsp3) is 0.818. The van der Waals surface area contributed by atoms with Crippen LogP contribution in [-0.4, -0.2) is 81.6 Å². The van der Waals surface area contributed by atoms with Gasteiger partial charge in [0.2, 0.25) is 5.91 Å². The van der Waals surface area contributed by atoms with Crippen LogP contribution in [0.25, 0.3) is 0 Å². The number of nitrogens with zero attached hydrogens (tertiary/aromatic N) is 2. The fourth-order valence-electron chi connectivity index (χ4n) is 1.66. The summed E-state index contributed by atoms with van der Waals surface area (Å²) in [5.41, 5.74) is 0. The second-order valence-corrected chi connectivity index (χ2v) is 4.50. The van der Waals surface area contributed by atoms with Gasteiger partial charge in [-0.2, -0.15) is 0 Å². The van der Waals surface area contributed by atoms with E-state index in [0.717, 1.165) is 26.2 Å². The van der Waals surface area contributed by atoms with Gasteiger partial charge in [-0.1, -0.05) is 0 Å². The average molecular weight is 257 g/mol. The molecule has 104 valence electrons. The van der Waals surface area contributed by atoms with Gasteiger partial charge in [0.25, 0.3) is 0 Å². The van der Waals surface area contributed by atoms with Gasteiger partial charge in [0, 0.05) is 53.4 Å². The molecule has 1 aliphatic rings. The number of amides is 3. The molecular formula is C11H23N5O2. The topological polar surface area (TPSA) is 76.7 Å². The van der Waals surface area contributed by atoms with Gasteiger partial charge in [-0.15, -0.1) is 0 Å². The van der Waals surface area contributed by atoms with Crippen LogP contribution in [0.1, 0.15) is 0 Å². The maximum atomic E-state index is 11.6. The van der Waals surface area contributed by atoms with E-state index in [1.807, 2.05) is 0 Å². The van der Waals surface area contributed by atoms with E-state index in [-0.39, 0.29) is 11.9 Å². The summed E-state index contributed by atoms with van der Waals surface area (Å²) in [6.45, 7) is 5.03. The van der Waals surface area contributed by atoms with Gasteiger partial charge < -0.3 is 20.9 Å². The zero-order chi connectivity index (χ0) is 13.4. The van der Waals surface area contributed by atoms with Crippen LogP contribution in [0.15, 0.2) is 0 Å². The van der Waals surface area contributed by atoms with Crippen molar-refractivity contribution in [2.45, 2.75) is 0 Å². The zero-order valence-corrected chi connectivity index (χ0v) is 11.2. The number of hydrogen-bond donors (Lipinski definition) is 3. The van der Waals surface area contributed by atoms with Crippen molar-refractivity contribution in [2.75, 3.05) is 59.9 Å². The van der Waals surface area contributed by atoms with Crippen LogP contribution in [-0.2, 0) is 4.79 Å². The molecule has 3 amide bonds. The van der Waals surface area contributed by atoms with E-state index in [2.05, 4.69) is 20.9 Å². The van der Waals surface area contributed by atoms with Crippen molar-refractivity contribution in [1.82, 2.24) is 25.8 Å². The maximum absolute atomic E-state index is 11.6. The standard InChI is InChI=1S/C11H23N5O2/c1-15(2)11(18)14-4-3-13-10(17)9-16-7-5-12-6-8-16/h12H,3-9H2,1-2H3,(H,13,17)(H,14,18). The molecule has 0 aliphatic carbocycles. The second-order valence-electron chi connectivity index (χ2n) is 4.50. The van der Waals surface area contributed by atoms with E-state index in [0.29, 0.717) is 19.6 Å². The van der Waals surface area contributed by atoms with Gasteiger partial charge in [-0.3, -0.25) is 9.69 Å². The summed E-state index contributed by atoms with van der Waals surface area (Å²) in [6, 6.07) is -0.147. The number of nitrogens with one attached hydrogen (secondary N) is 3. The van der Waals surface area contributed by atoms with Crippen LogP contribution < -0.4 is 16.0 Å². The minimum Gasteiger partial charge on any atom is -0.353 e. The Kier molecular flexibility index (Phi) is 6.45. The summed E-state index contributed by atoms with van der Waals surface area (Å²) in [5.74, 6) is 0.0102. The van der Waals surface area contributed by atoms with E-state index >= 15 is 0 Å². The number of urea groups is 1. The van der Waals surface area contributed by atoms with E-state index < -0.39 is 0 Å². The Hall–Kier alpha value is -1.34. The van der Waals surface area contributed by atoms with E-state index in [1.165, 1.54) is 4.90 Å². The minimum atomic E-state index is -0.147. The quantitative estimate of drug-likeness (QED) is 0.512. The number of rotatable bonds is 5. The molecule has 1 saturated heterocycles. The molecule has 7 heteroatoms. The van der Waals surface area contributed by atoms with Gasteiger partial charge >= 0.3 is 6.03 Å². The molecule has 1 aliphatic heterocycles. The van der Waals surface area contributed by atoms with Gasteiger partial charge in [0.1, 0.15) is 0 Å². The first-order chi connectivity index (χ1) is 8.59. The highest BCUT2D eigenvalue weighted by Crippen LogP contribution is 1.90. The van der Waals surface area contributed by atoms with Gasteiger partial charge in [0.15, 0.2) is 0 Å². The van der Waals surface area contributed by atoms with Crippen LogP contribution in [0.2, 0.25) is 0 Å². The molecule has 0 saturated carbocycles. The third-order valence-electron chi connectivity index (χ3n) is 2.71. The average Bonchev–Trinajstić information content (AvgIpc) is 2.35. The summed E-state index contributed by atoms with van der Waals surface area (Å²) >= 11 is 0. The third-order valence-corrected chi connectivity index (χ3v) is 2.71. The van der Waals surface area contributed by atoms with Gasteiger partial charge in [0.05, 0.1) is 6.54 Å². The van der Waals surface area contributed by atoms with Crippen molar-refractivity contribution in [2.24, 2.45) is 0 Å². The minimum absolute atomic E-state index is 0.0102. The maximum Gasteiger partial charge on any atom is 0.316 e. The molecule has 0 atom stereocenters. The Labute approximate surface area is 108 Å². The highest BCUT2D eigenvalue weighted by Gasteiger charge is 2.12. The Morgan fingerprint density at radius 1 is 1.17 bits per heavy atom. The number of piperazine rings is 1. The molecular weight excluding hydrogens is 234 g/mol. The fourth-order valence-corrected chi connectivity index (χ4v) is 1.66. The number of carbonyl (C=O) groups excluding carboxylic acids is 2. The highest BCUT2D eigenvalue weighted by molar-refractivity contribution is 5.78. The van der Waals surface area contributed by atoms with E-state index in [4.69, 9.17) is 0 Å². The molecule has 0 unspecified atom stereocenters. The van der Waals surface area contributed by atoms with E-state index in [1.54, 1.807) is 14.1 Å². The Morgan fingerprint density at radius 3 is 2.39 bits per heavy atom. The molecule has 3 N–H and O–H groups in total. The van der Waals surface area contributed by atoms with Crippen molar-refractivity contribution in [1.29, 1.82) is 0 Å². The molecule has 1 fully saturated rings. The first-order valence-electron chi connectivity index (χ1n) is 6.24. The summed E-state index contributed by atoms with van der Waals surface area (Å²) in [6.07, 6.45) is 0. The Balaban J connectivity index is 2.04. The third kappa shape index (κ3) is 5.83. The second kappa shape index (κ2) is 7.88. The number of hydrogen-bond acceptors (Lipinski definition) is 4. The van der Waals surface area contributed by atoms with E-state index in [9.17, 15) is 9.59 Å².